The molecule has 2 N–H and O–H groups in total. The third kappa shape index (κ3) is 3.64. The van der Waals surface area contributed by atoms with Gasteiger partial charge in [-0.1, -0.05) is 29.8 Å². The van der Waals surface area contributed by atoms with Crippen molar-refractivity contribution in [2.75, 3.05) is 12.0 Å². The van der Waals surface area contributed by atoms with E-state index in [2.05, 4.69) is 0 Å². The number of amides is 1. The van der Waals surface area contributed by atoms with Crippen LogP contribution in [0, 0.1) is 11.6 Å². The zero-order valence-electron chi connectivity index (χ0n) is 18.5. The molecule has 5 rings (SSSR count). The van der Waals surface area contributed by atoms with Crippen LogP contribution in [0.2, 0.25) is 5.02 Å². The van der Waals surface area contributed by atoms with E-state index in [1.807, 2.05) is 0 Å². The Morgan fingerprint density at radius 1 is 1.06 bits per heavy atom. The van der Waals surface area contributed by atoms with Crippen molar-refractivity contribution < 1.29 is 37.7 Å². The number of halogens is 3. The Hall–Kier alpha value is -4.37. The van der Waals surface area contributed by atoms with Crippen LogP contribution in [-0.4, -0.2) is 29.0 Å². The van der Waals surface area contributed by atoms with E-state index >= 15 is 0 Å². The van der Waals surface area contributed by atoms with Crippen molar-refractivity contribution >= 4 is 39.9 Å². The number of fused-ring (bicyclic) bond motifs is 1. The maximum Gasteiger partial charge on any atom is 0.294 e. The number of Topliss-reactive ketones (excluding diaryl/α,β-unsaturated/α-hetero) is 1. The molecule has 0 spiro atoms. The smallest absolute Gasteiger partial charge is 0.294 e. The van der Waals surface area contributed by atoms with Gasteiger partial charge in [0.2, 0.25) is 5.78 Å². The normalized spacial score (nSPS) is 15.7. The second kappa shape index (κ2) is 8.69. The van der Waals surface area contributed by atoms with E-state index < -0.39 is 35.1 Å². The summed E-state index contributed by atoms with van der Waals surface area (Å²) in [6.45, 7) is 0. The largest absolute Gasteiger partial charge is 0.506 e. The summed E-state index contributed by atoms with van der Waals surface area (Å²) in [5.41, 5.74) is 0.0182. The molecule has 1 atom stereocenters. The number of hydrogen-bond donors (Lipinski definition) is 2. The quantitative estimate of drug-likeness (QED) is 0.325. The number of methoxy groups -OCH3 is 1. The van der Waals surface area contributed by atoms with Gasteiger partial charge in [0.1, 0.15) is 5.75 Å². The first-order valence-corrected chi connectivity index (χ1v) is 10.9. The number of anilines is 1. The molecule has 2 heterocycles. The highest BCUT2D eigenvalue weighted by atomic mass is 35.5. The molecule has 0 saturated carbocycles. The molecular weight excluding hydrogens is 496 g/mol. The van der Waals surface area contributed by atoms with Gasteiger partial charge in [0, 0.05) is 17.1 Å². The van der Waals surface area contributed by atoms with Crippen molar-refractivity contribution in [1.82, 2.24) is 0 Å². The molecule has 4 aromatic rings. The third-order valence-electron chi connectivity index (χ3n) is 5.87. The van der Waals surface area contributed by atoms with Crippen LogP contribution in [0.15, 0.2) is 76.4 Å². The second-order valence-corrected chi connectivity index (χ2v) is 8.37. The number of phenolic OH excluding ortho intramolecular Hbond substituents is 1. The first kappa shape index (κ1) is 23.4. The van der Waals surface area contributed by atoms with Gasteiger partial charge < -0.3 is 19.4 Å². The number of aromatic hydroxyl groups is 1. The van der Waals surface area contributed by atoms with Crippen LogP contribution in [0.5, 0.6) is 11.5 Å². The number of rotatable bonds is 5. The van der Waals surface area contributed by atoms with Gasteiger partial charge in [0.15, 0.2) is 34.5 Å². The average Bonchev–Trinajstić information content (AvgIpc) is 3.41. The number of ketones is 1. The molecule has 1 aliphatic heterocycles. The van der Waals surface area contributed by atoms with Crippen LogP contribution >= 0.6 is 11.6 Å². The fourth-order valence-electron chi connectivity index (χ4n) is 4.19. The molecule has 0 saturated heterocycles. The van der Waals surface area contributed by atoms with Crippen molar-refractivity contribution in [3.63, 3.8) is 0 Å². The number of carbonyl (C=O) groups excluding carboxylic acids is 2. The topological polar surface area (TPSA) is 100 Å². The van der Waals surface area contributed by atoms with Crippen molar-refractivity contribution in [3.05, 3.63) is 100.0 Å². The summed E-state index contributed by atoms with van der Waals surface area (Å²) in [6, 6.07) is 11.8. The predicted octanol–water partition coefficient (Wildman–Crippen LogP) is 5.86. The number of carbonyl (C=O) groups is 2. The highest BCUT2D eigenvalue weighted by molar-refractivity contribution is 6.32. The molecule has 1 amide bonds. The maximum absolute atomic E-state index is 14.1. The van der Waals surface area contributed by atoms with Gasteiger partial charge in [-0.3, -0.25) is 14.5 Å². The molecule has 0 fully saturated rings. The molecule has 36 heavy (non-hydrogen) atoms. The number of furan rings is 1. The Labute approximate surface area is 207 Å². The van der Waals surface area contributed by atoms with Gasteiger partial charge in [-0.25, -0.2) is 8.78 Å². The minimum absolute atomic E-state index is 0.0863. The van der Waals surface area contributed by atoms with E-state index in [4.69, 9.17) is 20.8 Å². The van der Waals surface area contributed by atoms with E-state index in [0.717, 1.165) is 23.1 Å². The van der Waals surface area contributed by atoms with Gasteiger partial charge in [-0.2, -0.15) is 0 Å². The Bertz CT molecular complexity index is 1590. The lowest BCUT2D eigenvalue weighted by atomic mass is 9.94. The minimum atomic E-state index is -1.30. The standard InChI is InChI=1S/C26H16ClF2NO6/c1-35-19-4-2-3-13-10-20(36-25(13)19)23(32)21-22(12-5-8-18(31)15(27)9-12)30(26(34)24(21)33)14-6-7-16(28)17(29)11-14/h2-11,22,31,33H,1H3. The fraction of sp³-hybridized carbons (Fsp3) is 0.0769. The molecule has 7 nitrogen and oxygen atoms in total. The summed E-state index contributed by atoms with van der Waals surface area (Å²) in [4.78, 5) is 27.8. The lowest BCUT2D eigenvalue weighted by Gasteiger charge is -2.27. The molecule has 3 aromatic carbocycles. The van der Waals surface area contributed by atoms with Gasteiger partial charge in [0.05, 0.1) is 23.7 Å². The number of para-hydroxylation sites is 1. The Balaban J connectivity index is 1.69. The highest BCUT2D eigenvalue weighted by Gasteiger charge is 2.45. The number of ether oxygens (including phenoxy) is 1. The Kier molecular flexibility index (Phi) is 5.64. The molecule has 1 aliphatic rings. The Morgan fingerprint density at radius 3 is 2.53 bits per heavy atom. The summed E-state index contributed by atoms with van der Waals surface area (Å²) in [5, 5.41) is 21.2. The van der Waals surface area contributed by atoms with Gasteiger partial charge in [-0.05, 0) is 42.0 Å². The number of hydrogen-bond acceptors (Lipinski definition) is 6. The second-order valence-electron chi connectivity index (χ2n) is 7.97. The lowest BCUT2D eigenvalue weighted by molar-refractivity contribution is -0.117. The van der Waals surface area contributed by atoms with E-state index in [1.54, 1.807) is 18.2 Å². The van der Waals surface area contributed by atoms with Crippen molar-refractivity contribution in [2.24, 2.45) is 0 Å². The van der Waals surface area contributed by atoms with Crippen LogP contribution in [-0.2, 0) is 4.79 Å². The molecule has 0 bridgehead atoms. The SMILES string of the molecule is COc1cccc2cc(C(=O)C3=C(O)C(=O)N(c4ccc(F)c(F)c4)C3c3ccc(O)c(Cl)c3)oc12. The molecule has 0 aliphatic carbocycles. The molecule has 1 unspecified atom stereocenters. The molecule has 182 valence electrons. The van der Waals surface area contributed by atoms with Crippen LogP contribution < -0.4 is 9.64 Å². The number of aliphatic hydroxyl groups is 1. The van der Waals surface area contributed by atoms with Crippen molar-refractivity contribution in [1.29, 1.82) is 0 Å². The predicted molar refractivity (Wildman–Crippen MR) is 126 cm³/mol. The molecular formula is C26H16ClF2NO6. The number of benzene rings is 3. The monoisotopic (exact) mass is 511 g/mol. The zero-order valence-corrected chi connectivity index (χ0v) is 19.2. The van der Waals surface area contributed by atoms with E-state index in [9.17, 15) is 28.6 Å². The summed E-state index contributed by atoms with van der Waals surface area (Å²) in [6.07, 6.45) is 0. The van der Waals surface area contributed by atoms with Crippen LogP contribution in [0.25, 0.3) is 11.0 Å². The number of nitrogens with zero attached hydrogens (tertiary/aromatic N) is 1. The number of aliphatic hydroxyl groups excluding tert-OH is 1. The van der Waals surface area contributed by atoms with Crippen LogP contribution in [0.3, 0.4) is 0 Å². The molecule has 10 heteroatoms. The summed E-state index contributed by atoms with van der Waals surface area (Å²) < 4.78 is 38.7. The summed E-state index contributed by atoms with van der Waals surface area (Å²) >= 11 is 6.08. The Morgan fingerprint density at radius 2 is 1.83 bits per heavy atom. The van der Waals surface area contributed by atoms with Gasteiger partial charge in [0.25, 0.3) is 5.91 Å². The van der Waals surface area contributed by atoms with Gasteiger partial charge >= 0.3 is 0 Å². The lowest BCUT2D eigenvalue weighted by Crippen LogP contribution is -2.31. The third-order valence-corrected chi connectivity index (χ3v) is 6.18. The summed E-state index contributed by atoms with van der Waals surface area (Å²) in [7, 11) is 1.44. The van der Waals surface area contributed by atoms with Crippen molar-refractivity contribution in [2.45, 2.75) is 6.04 Å². The molecule has 1 aromatic heterocycles. The first-order chi connectivity index (χ1) is 17.2. The maximum atomic E-state index is 14.1. The average molecular weight is 512 g/mol. The van der Waals surface area contributed by atoms with Crippen LogP contribution in [0.4, 0.5) is 14.5 Å². The van der Waals surface area contributed by atoms with E-state index in [0.29, 0.717) is 11.1 Å². The minimum Gasteiger partial charge on any atom is -0.506 e. The first-order valence-electron chi connectivity index (χ1n) is 10.5. The fourth-order valence-corrected chi connectivity index (χ4v) is 4.38. The highest BCUT2D eigenvalue weighted by Crippen LogP contribution is 2.44. The van der Waals surface area contributed by atoms with Crippen molar-refractivity contribution in [3.8, 4) is 11.5 Å². The zero-order chi connectivity index (χ0) is 25.7. The number of phenols is 1. The van der Waals surface area contributed by atoms with E-state index in [-0.39, 0.29) is 38.9 Å². The van der Waals surface area contributed by atoms with Gasteiger partial charge in [-0.15, -0.1) is 0 Å². The summed E-state index contributed by atoms with van der Waals surface area (Å²) in [5.74, 6) is -5.18. The molecule has 0 radical (unpaired) electrons. The van der Waals surface area contributed by atoms with E-state index in [1.165, 1.54) is 31.4 Å². The van der Waals surface area contributed by atoms with Crippen LogP contribution in [0.1, 0.15) is 22.2 Å².